The van der Waals surface area contributed by atoms with E-state index in [4.69, 9.17) is 0 Å². The molecule has 2 aromatic rings. The largest absolute Gasteiger partial charge is 0.355 e. The molecule has 0 saturated heterocycles. The van der Waals surface area contributed by atoms with Crippen molar-refractivity contribution in [2.45, 2.75) is 58.7 Å². The maximum atomic E-state index is 12.7. The number of allylic oxidation sites excluding steroid dienone is 1. The fourth-order valence-electron chi connectivity index (χ4n) is 4.02. The first kappa shape index (κ1) is 18.7. The number of benzene rings is 1. The molecule has 0 radical (unpaired) electrons. The third-order valence-corrected chi connectivity index (χ3v) is 5.12. The molecule has 1 aliphatic rings. The number of nitrogens with zero attached hydrogens (tertiary/aromatic N) is 1. The summed E-state index contributed by atoms with van der Waals surface area (Å²) in [5, 5.41) is 8.05. The Labute approximate surface area is 156 Å². The van der Waals surface area contributed by atoms with Crippen LogP contribution in [0.2, 0.25) is 0 Å². The summed E-state index contributed by atoms with van der Waals surface area (Å²) in [4.78, 5) is 12.7. The Morgan fingerprint density at radius 3 is 2.96 bits per heavy atom. The second-order valence-electron chi connectivity index (χ2n) is 7.73. The van der Waals surface area contributed by atoms with E-state index in [0.29, 0.717) is 5.92 Å². The van der Waals surface area contributed by atoms with Crippen molar-refractivity contribution >= 4 is 16.8 Å². The molecule has 0 saturated carbocycles. The molecule has 4 nitrogen and oxygen atoms in total. The minimum atomic E-state index is -0.194. The van der Waals surface area contributed by atoms with Gasteiger partial charge in [0.2, 0.25) is 5.91 Å². The van der Waals surface area contributed by atoms with E-state index in [9.17, 15) is 4.79 Å². The molecule has 4 heteroatoms. The van der Waals surface area contributed by atoms with E-state index in [-0.39, 0.29) is 18.0 Å². The van der Waals surface area contributed by atoms with Gasteiger partial charge in [0, 0.05) is 36.2 Å². The molecule has 0 spiro atoms. The third-order valence-electron chi connectivity index (χ3n) is 5.12. The Morgan fingerprint density at radius 2 is 2.27 bits per heavy atom. The summed E-state index contributed by atoms with van der Waals surface area (Å²) < 4.78 is 2.25. The summed E-state index contributed by atoms with van der Waals surface area (Å²) in [6, 6.07) is 6.53. The Balaban J connectivity index is 2.06. The van der Waals surface area contributed by atoms with Crippen molar-refractivity contribution in [3.63, 3.8) is 0 Å². The Kier molecular flexibility index (Phi) is 5.82. The number of rotatable bonds is 7. The van der Waals surface area contributed by atoms with Gasteiger partial charge in [-0.1, -0.05) is 39.0 Å². The van der Waals surface area contributed by atoms with Gasteiger partial charge in [-0.25, -0.2) is 0 Å². The van der Waals surface area contributed by atoms with Gasteiger partial charge < -0.3 is 9.88 Å². The van der Waals surface area contributed by atoms with Crippen LogP contribution in [0.4, 0.5) is 0 Å². The summed E-state index contributed by atoms with van der Waals surface area (Å²) in [6.07, 6.45) is 6.82. The van der Waals surface area contributed by atoms with Crippen LogP contribution in [0.15, 0.2) is 37.1 Å². The lowest BCUT2D eigenvalue weighted by Gasteiger charge is -2.25. The number of aromatic nitrogens is 1. The minimum absolute atomic E-state index is 0.109. The first-order valence-corrected chi connectivity index (χ1v) is 9.80. The third kappa shape index (κ3) is 3.70. The fourth-order valence-corrected chi connectivity index (χ4v) is 4.02. The first-order valence-electron chi connectivity index (χ1n) is 9.80. The van der Waals surface area contributed by atoms with Gasteiger partial charge in [-0.2, -0.15) is 0 Å². The van der Waals surface area contributed by atoms with Crippen LogP contribution in [0, 0.1) is 5.92 Å². The lowest BCUT2D eigenvalue weighted by atomic mass is 9.94. The fraction of sp³-hybridized carbons (Fsp3) is 0.500. The van der Waals surface area contributed by atoms with Gasteiger partial charge in [-0.05, 0) is 42.4 Å². The zero-order chi connectivity index (χ0) is 18.7. The molecule has 1 aliphatic heterocycles. The van der Waals surface area contributed by atoms with Crippen molar-refractivity contribution in [2.24, 2.45) is 5.92 Å². The maximum absolute atomic E-state index is 12.7. The monoisotopic (exact) mass is 353 g/mol. The van der Waals surface area contributed by atoms with Crippen molar-refractivity contribution < 1.29 is 4.79 Å². The highest BCUT2D eigenvalue weighted by atomic mass is 16.2. The van der Waals surface area contributed by atoms with Gasteiger partial charge in [0.15, 0.2) is 0 Å². The van der Waals surface area contributed by atoms with Crippen molar-refractivity contribution in [1.29, 1.82) is 0 Å². The molecule has 0 fully saturated rings. The summed E-state index contributed by atoms with van der Waals surface area (Å²) >= 11 is 0. The molecule has 140 valence electrons. The molecule has 2 N–H and O–H groups in total. The second-order valence-corrected chi connectivity index (χ2v) is 7.73. The number of hydrogen-bond donors (Lipinski definition) is 2. The summed E-state index contributed by atoms with van der Waals surface area (Å²) in [6.45, 7) is 12.0. The molecule has 0 bridgehead atoms. The van der Waals surface area contributed by atoms with Crippen LogP contribution in [0.1, 0.15) is 50.8 Å². The SMILES string of the molecule is C=CCn1cc2c3c(cccc31)C(CC(C)C)NC(C(=O)NCCC)C2. The number of amides is 1. The van der Waals surface area contributed by atoms with Crippen LogP contribution in [-0.4, -0.2) is 23.1 Å². The smallest absolute Gasteiger partial charge is 0.237 e. The molecular formula is C22H31N3O. The Bertz CT molecular complexity index is 790. The van der Waals surface area contributed by atoms with E-state index in [1.807, 2.05) is 6.08 Å². The number of carbonyl (C=O) groups is 1. The number of carbonyl (C=O) groups excluding carboxylic acids is 1. The lowest BCUT2D eigenvalue weighted by Crippen LogP contribution is -2.46. The van der Waals surface area contributed by atoms with E-state index < -0.39 is 0 Å². The lowest BCUT2D eigenvalue weighted by molar-refractivity contribution is -0.123. The highest BCUT2D eigenvalue weighted by Crippen LogP contribution is 2.35. The Morgan fingerprint density at radius 1 is 1.46 bits per heavy atom. The van der Waals surface area contributed by atoms with Gasteiger partial charge in [-0.3, -0.25) is 10.1 Å². The van der Waals surface area contributed by atoms with Crippen LogP contribution in [-0.2, 0) is 17.8 Å². The van der Waals surface area contributed by atoms with E-state index in [1.165, 1.54) is 22.0 Å². The molecule has 0 aliphatic carbocycles. The predicted molar refractivity (Wildman–Crippen MR) is 108 cm³/mol. The van der Waals surface area contributed by atoms with Gasteiger partial charge in [0.05, 0.1) is 6.04 Å². The average molecular weight is 354 g/mol. The zero-order valence-electron chi connectivity index (χ0n) is 16.2. The summed E-state index contributed by atoms with van der Waals surface area (Å²) in [7, 11) is 0. The first-order chi connectivity index (χ1) is 12.5. The van der Waals surface area contributed by atoms with Crippen molar-refractivity contribution in [3.05, 3.63) is 48.2 Å². The normalized spacial score (nSPS) is 19.5. The zero-order valence-corrected chi connectivity index (χ0v) is 16.2. The van der Waals surface area contributed by atoms with Gasteiger partial charge in [-0.15, -0.1) is 6.58 Å². The Hall–Kier alpha value is -2.07. The van der Waals surface area contributed by atoms with Crippen LogP contribution in [0.3, 0.4) is 0 Å². The van der Waals surface area contributed by atoms with E-state index in [0.717, 1.165) is 32.4 Å². The molecule has 2 unspecified atom stereocenters. The highest BCUT2D eigenvalue weighted by Gasteiger charge is 2.30. The summed E-state index contributed by atoms with van der Waals surface area (Å²) in [5.74, 6) is 0.664. The van der Waals surface area contributed by atoms with Crippen molar-refractivity contribution in [3.8, 4) is 0 Å². The average Bonchev–Trinajstić information content (AvgIpc) is 2.87. The van der Waals surface area contributed by atoms with Gasteiger partial charge in [0.25, 0.3) is 0 Å². The van der Waals surface area contributed by atoms with E-state index in [1.54, 1.807) is 0 Å². The van der Waals surface area contributed by atoms with Crippen LogP contribution in [0.25, 0.3) is 10.9 Å². The standard InChI is InChI=1S/C22H31N3O/c1-5-10-23-22(26)19-13-16-14-25(11-6-2)20-9-7-8-17(21(16)20)18(24-19)12-15(3)4/h6-9,14-15,18-19,24H,2,5,10-13H2,1,3-4H3,(H,23,26). The van der Waals surface area contributed by atoms with Gasteiger partial charge in [0.1, 0.15) is 0 Å². The molecule has 1 aromatic heterocycles. The molecule has 2 atom stereocenters. The number of hydrogen-bond acceptors (Lipinski definition) is 2. The van der Waals surface area contributed by atoms with Gasteiger partial charge >= 0.3 is 0 Å². The molecule has 1 amide bonds. The highest BCUT2D eigenvalue weighted by molar-refractivity contribution is 5.90. The van der Waals surface area contributed by atoms with Crippen LogP contribution in [0.5, 0.6) is 0 Å². The maximum Gasteiger partial charge on any atom is 0.237 e. The molecule has 2 heterocycles. The van der Waals surface area contributed by atoms with Crippen LogP contribution >= 0.6 is 0 Å². The van der Waals surface area contributed by atoms with Crippen molar-refractivity contribution in [1.82, 2.24) is 15.2 Å². The van der Waals surface area contributed by atoms with Crippen LogP contribution < -0.4 is 10.6 Å². The minimum Gasteiger partial charge on any atom is -0.355 e. The van der Waals surface area contributed by atoms with E-state index >= 15 is 0 Å². The molecular weight excluding hydrogens is 322 g/mol. The summed E-state index contributed by atoms with van der Waals surface area (Å²) in [5.41, 5.74) is 3.82. The quantitative estimate of drug-likeness (QED) is 0.740. The predicted octanol–water partition coefficient (Wildman–Crippen LogP) is 3.96. The van der Waals surface area contributed by atoms with E-state index in [2.05, 4.69) is 66.9 Å². The molecule has 3 rings (SSSR count). The number of nitrogens with one attached hydrogen (secondary N) is 2. The second kappa shape index (κ2) is 8.09. The molecule has 26 heavy (non-hydrogen) atoms. The van der Waals surface area contributed by atoms with Crippen molar-refractivity contribution in [2.75, 3.05) is 6.54 Å². The molecule has 1 aromatic carbocycles. The topological polar surface area (TPSA) is 46.1 Å².